The molecule has 1 aliphatic heterocycles. The first kappa shape index (κ1) is 17.4. The number of piperidine rings is 1. The van der Waals surface area contributed by atoms with Gasteiger partial charge in [0.05, 0.1) is 7.11 Å². The van der Waals surface area contributed by atoms with Crippen molar-refractivity contribution in [1.29, 1.82) is 0 Å². The zero-order valence-corrected chi connectivity index (χ0v) is 13.8. The van der Waals surface area contributed by atoms with Gasteiger partial charge in [0.15, 0.2) is 0 Å². The van der Waals surface area contributed by atoms with Crippen LogP contribution in [0.1, 0.15) is 47.0 Å². The lowest BCUT2D eigenvalue weighted by atomic mass is 9.89. The fourth-order valence-electron chi connectivity index (χ4n) is 3.07. The summed E-state index contributed by atoms with van der Waals surface area (Å²) in [6, 6.07) is 0.205. The third-order valence-corrected chi connectivity index (χ3v) is 4.44. The van der Waals surface area contributed by atoms with E-state index in [0.29, 0.717) is 17.9 Å². The highest BCUT2D eigenvalue weighted by Crippen LogP contribution is 2.21. The van der Waals surface area contributed by atoms with Crippen molar-refractivity contribution < 1.29 is 9.53 Å². The number of carbonyl (C=O) groups excluding carboxylic acids is 1. The van der Waals surface area contributed by atoms with Gasteiger partial charge in [-0.05, 0) is 57.7 Å². The highest BCUT2D eigenvalue weighted by Gasteiger charge is 2.28. The molecule has 4 heteroatoms. The molecule has 0 bridgehead atoms. The van der Waals surface area contributed by atoms with Gasteiger partial charge < -0.3 is 15.0 Å². The predicted molar refractivity (Wildman–Crippen MR) is 82.7 cm³/mol. The number of nitrogens with zero attached hydrogens (tertiary/aromatic N) is 1. The van der Waals surface area contributed by atoms with Crippen LogP contribution in [0.2, 0.25) is 0 Å². The number of ether oxygens (including phenoxy) is 1. The molecule has 0 spiro atoms. The zero-order chi connectivity index (χ0) is 15.1. The van der Waals surface area contributed by atoms with Crippen molar-refractivity contribution in [2.45, 2.75) is 59.0 Å². The van der Waals surface area contributed by atoms with Gasteiger partial charge in [-0.3, -0.25) is 4.79 Å². The van der Waals surface area contributed by atoms with E-state index in [2.05, 4.69) is 37.9 Å². The molecule has 1 saturated heterocycles. The SMILES string of the molecule is CCN1CCC(C(C)NC(CC(C)C)C(=O)OC)CC1. The molecule has 20 heavy (non-hydrogen) atoms. The summed E-state index contributed by atoms with van der Waals surface area (Å²) in [6.45, 7) is 12.2. The Morgan fingerprint density at radius 1 is 1.30 bits per heavy atom. The largest absolute Gasteiger partial charge is 0.468 e. The maximum absolute atomic E-state index is 11.9. The second kappa shape index (κ2) is 8.63. The number of rotatable bonds is 7. The normalized spacial score (nSPS) is 20.9. The maximum atomic E-state index is 11.9. The lowest BCUT2D eigenvalue weighted by Crippen LogP contribution is -2.48. The minimum Gasteiger partial charge on any atom is -0.468 e. The topological polar surface area (TPSA) is 41.6 Å². The molecule has 1 rings (SSSR count). The van der Waals surface area contributed by atoms with Crippen LogP contribution in [0.3, 0.4) is 0 Å². The van der Waals surface area contributed by atoms with E-state index in [0.717, 1.165) is 13.0 Å². The van der Waals surface area contributed by atoms with Gasteiger partial charge >= 0.3 is 5.97 Å². The summed E-state index contributed by atoms with van der Waals surface area (Å²) in [5, 5.41) is 3.51. The molecule has 4 nitrogen and oxygen atoms in total. The molecule has 2 atom stereocenters. The first-order chi connectivity index (χ1) is 9.47. The van der Waals surface area contributed by atoms with Gasteiger partial charge in [-0.15, -0.1) is 0 Å². The third-order valence-electron chi connectivity index (χ3n) is 4.44. The van der Waals surface area contributed by atoms with E-state index in [1.807, 2.05) is 0 Å². The van der Waals surface area contributed by atoms with E-state index in [9.17, 15) is 4.79 Å². The van der Waals surface area contributed by atoms with Crippen LogP contribution in [-0.2, 0) is 9.53 Å². The molecule has 0 aromatic carbocycles. The lowest BCUT2D eigenvalue weighted by Gasteiger charge is -2.36. The maximum Gasteiger partial charge on any atom is 0.322 e. The van der Waals surface area contributed by atoms with E-state index in [4.69, 9.17) is 4.74 Å². The average molecular weight is 284 g/mol. The van der Waals surface area contributed by atoms with Crippen molar-refractivity contribution in [3.63, 3.8) is 0 Å². The van der Waals surface area contributed by atoms with Crippen molar-refractivity contribution in [3.8, 4) is 0 Å². The predicted octanol–water partition coefficient (Wildman–Crippen LogP) is 2.28. The Morgan fingerprint density at radius 2 is 1.90 bits per heavy atom. The Hall–Kier alpha value is -0.610. The monoisotopic (exact) mass is 284 g/mol. The van der Waals surface area contributed by atoms with Gasteiger partial charge in [-0.2, -0.15) is 0 Å². The number of methoxy groups -OCH3 is 1. The van der Waals surface area contributed by atoms with E-state index in [1.54, 1.807) is 0 Å². The number of esters is 1. The molecule has 0 saturated carbocycles. The van der Waals surface area contributed by atoms with Gasteiger partial charge in [0.1, 0.15) is 6.04 Å². The van der Waals surface area contributed by atoms with Gasteiger partial charge in [0, 0.05) is 6.04 Å². The molecule has 1 heterocycles. The summed E-state index contributed by atoms with van der Waals surface area (Å²) < 4.78 is 4.93. The molecular formula is C16H32N2O2. The molecule has 1 fully saturated rings. The van der Waals surface area contributed by atoms with Gasteiger partial charge in [-0.1, -0.05) is 20.8 Å². The molecule has 118 valence electrons. The van der Waals surface area contributed by atoms with Crippen LogP contribution in [0.4, 0.5) is 0 Å². The van der Waals surface area contributed by atoms with Crippen molar-refractivity contribution in [1.82, 2.24) is 10.2 Å². The van der Waals surface area contributed by atoms with Crippen LogP contribution in [0, 0.1) is 11.8 Å². The molecule has 1 aliphatic rings. The average Bonchev–Trinajstić information content (AvgIpc) is 2.45. The number of hydrogen-bond acceptors (Lipinski definition) is 4. The number of likely N-dealkylation sites (tertiary alicyclic amines) is 1. The van der Waals surface area contributed by atoms with Crippen LogP contribution in [0.25, 0.3) is 0 Å². The smallest absolute Gasteiger partial charge is 0.322 e. The van der Waals surface area contributed by atoms with Crippen LogP contribution in [-0.4, -0.2) is 49.7 Å². The molecule has 0 radical (unpaired) electrons. The summed E-state index contributed by atoms with van der Waals surface area (Å²) >= 11 is 0. The number of carbonyl (C=O) groups is 1. The Labute approximate surface area is 124 Å². The van der Waals surface area contributed by atoms with Crippen LogP contribution in [0.15, 0.2) is 0 Å². The van der Waals surface area contributed by atoms with Crippen molar-refractivity contribution in [2.75, 3.05) is 26.7 Å². The Kier molecular flexibility index (Phi) is 7.52. The van der Waals surface area contributed by atoms with Gasteiger partial charge in [-0.25, -0.2) is 0 Å². The van der Waals surface area contributed by atoms with Crippen molar-refractivity contribution >= 4 is 5.97 Å². The molecule has 0 aliphatic carbocycles. The van der Waals surface area contributed by atoms with Crippen LogP contribution in [0.5, 0.6) is 0 Å². The van der Waals surface area contributed by atoms with E-state index in [1.165, 1.54) is 33.0 Å². The fraction of sp³-hybridized carbons (Fsp3) is 0.938. The molecule has 1 N–H and O–H groups in total. The first-order valence-electron chi connectivity index (χ1n) is 8.04. The lowest BCUT2D eigenvalue weighted by molar-refractivity contribution is -0.144. The zero-order valence-electron chi connectivity index (χ0n) is 13.8. The molecule has 0 aromatic heterocycles. The van der Waals surface area contributed by atoms with E-state index < -0.39 is 0 Å². The van der Waals surface area contributed by atoms with Crippen LogP contribution >= 0.6 is 0 Å². The molecule has 0 amide bonds. The third kappa shape index (κ3) is 5.41. The summed E-state index contributed by atoms with van der Waals surface area (Å²) in [5.74, 6) is 1.02. The highest BCUT2D eigenvalue weighted by molar-refractivity contribution is 5.75. The second-order valence-corrected chi connectivity index (χ2v) is 6.43. The summed E-state index contributed by atoms with van der Waals surface area (Å²) in [7, 11) is 1.47. The van der Waals surface area contributed by atoms with Crippen molar-refractivity contribution in [3.05, 3.63) is 0 Å². The fourth-order valence-corrected chi connectivity index (χ4v) is 3.07. The summed E-state index contributed by atoms with van der Waals surface area (Å²) in [4.78, 5) is 14.4. The Balaban J connectivity index is 2.49. The minimum atomic E-state index is -0.167. The van der Waals surface area contributed by atoms with Crippen molar-refractivity contribution in [2.24, 2.45) is 11.8 Å². The Bertz CT molecular complexity index is 286. The van der Waals surface area contributed by atoms with E-state index in [-0.39, 0.29) is 12.0 Å². The second-order valence-electron chi connectivity index (χ2n) is 6.43. The van der Waals surface area contributed by atoms with E-state index >= 15 is 0 Å². The molecular weight excluding hydrogens is 252 g/mol. The Morgan fingerprint density at radius 3 is 2.35 bits per heavy atom. The highest BCUT2D eigenvalue weighted by atomic mass is 16.5. The number of nitrogens with one attached hydrogen (secondary N) is 1. The van der Waals surface area contributed by atoms with Crippen LogP contribution < -0.4 is 5.32 Å². The quantitative estimate of drug-likeness (QED) is 0.728. The first-order valence-corrected chi connectivity index (χ1v) is 8.04. The molecule has 0 aromatic rings. The summed E-state index contributed by atoms with van der Waals surface area (Å²) in [6.07, 6.45) is 3.28. The van der Waals surface area contributed by atoms with Gasteiger partial charge in [0.25, 0.3) is 0 Å². The summed E-state index contributed by atoms with van der Waals surface area (Å²) in [5.41, 5.74) is 0. The number of hydrogen-bond donors (Lipinski definition) is 1. The standard InChI is InChI=1S/C16H32N2O2/c1-6-18-9-7-14(8-10-18)13(4)17-15(11-12(2)3)16(19)20-5/h12-15,17H,6-11H2,1-5H3. The van der Waals surface area contributed by atoms with Gasteiger partial charge in [0.2, 0.25) is 0 Å². The minimum absolute atomic E-state index is 0.128. The molecule has 2 unspecified atom stereocenters.